The zero-order valence-corrected chi connectivity index (χ0v) is 13.3. The molecule has 0 saturated carbocycles. The summed E-state index contributed by atoms with van der Waals surface area (Å²) in [5, 5.41) is 8.51. The van der Waals surface area contributed by atoms with Crippen molar-refractivity contribution in [3.05, 3.63) is 24.3 Å². The Bertz CT molecular complexity index is 333. The van der Waals surface area contributed by atoms with Gasteiger partial charge in [-0.3, -0.25) is 4.79 Å². The fourth-order valence-electron chi connectivity index (χ4n) is 2.43. The molecule has 2 atom stereocenters. The first-order chi connectivity index (χ1) is 10.2. The second-order valence-corrected chi connectivity index (χ2v) is 5.74. The number of rotatable bonds is 13. The molecule has 21 heavy (non-hydrogen) atoms. The molecule has 3 nitrogen and oxygen atoms in total. The van der Waals surface area contributed by atoms with E-state index in [1.54, 1.807) is 0 Å². The number of epoxide rings is 1. The van der Waals surface area contributed by atoms with Crippen LogP contribution in [0.2, 0.25) is 0 Å². The normalized spacial score (nSPS) is 21.4. The van der Waals surface area contributed by atoms with Crippen molar-refractivity contribution in [2.75, 3.05) is 0 Å². The molecule has 3 heteroatoms. The average molecular weight is 294 g/mol. The second kappa shape index (κ2) is 11.6. The third-order valence-corrected chi connectivity index (χ3v) is 3.83. The smallest absolute Gasteiger partial charge is 0.303 e. The molecule has 120 valence electrons. The summed E-state index contributed by atoms with van der Waals surface area (Å²) in [6.45, 7) is 2.17. The zero-order chi connectivity index (χ0) is 15.3. The van der Waals surface area contributed by atoms with Crippen molar-refractivity contribution in [3.63, 3.8) is 0 Å². The summed E-state index contributed by atoms with van der Waals surface area (Å²) in [5.74, 6) is -0.676. The largest absolute Gasteiger partial charge is 0.481 e. The summed E-state index contributed by atoms with van der Waals surface area (Å²) in [7, 11) is 0. The molecule has 1 saturated heterocycles. The molecule has 1 aliphatic heterocycles. The Morgan fingerprint density at radius 2 is 1.71 bits per heavy atom. The topological polar surface area (TPSA) is 49.8 Å². The van der Waals surface area contributed by atoms with E-state index < -0.39 is 5.97 Å². The van der Waals surface area contributed by atoms with Crippen LogP contribution in [0.1, 0.15) is 71.1 Å². The lowest BCUT2D eigenvalue weighted by Crippen LogP contribution is -1.93. The van der Waals surface area contributed by atoms with Crippen molar-refractivity contribution in [3.8, 4) is 0 Å². The molecule has 0 radical (unpaired) electrons. The van der Waals surface area contributed by atoms with Gasteiger partial charge in [0.15, 0.2) is 0 Å². The molecule has 2 unspecified atom stereocenters. The molecule has 0 aromatic rings. The highest BCUT2D eigenvalue weighted by Gasteiger charge is 2.35. The van der Waals surface area contributed by atoms with E-state index in [0.29, 0.717) is 18.6 Å². The van der Waals surface area contributed by atoms with Crippen LogP contribution in [-0.2, 0) is 9.53 Å². The number of allylic oxidation sites excluding steroid dienone is 3. The second-order valence-electron chi connectivity index (χ2n) is 5.74. The Morgan fingerprint density at radius 1 is 1.00 bits per heavy atom. The van der Waals surface area contributed by atoms with Crippen molar-refractivity contribution in [2.24, 2.45) is 0 Å². The van der Waals surface area contributed by atoms with E-state index in [9.17, 15) is 4.79 Å². The molecule has 1 rings (SSSR count). The molecule has 1 heterocycles. The molecule has 0 bridgehead atoms. The molecule has 0 aromatic heterocycles. The minimum Gasteiger partial charge on any atom is -0.481 e. The monoisotopic (exact) mass is 294 g/mol. The summed E-state index contributed by atoms with van der Waals surface area (Å²) in [6.07, 6.45) is 20.0. The molecule has 0 aliphatic carbocycles. The van der Waals surface area contributed by atoms with Gasteiger partial charge in [0.25, 0.3) is 0 Å². The molecule has 1 N–H and O–H groups in total. The first kappa shape index (κ1) is 18.0. The predicted octanol–water partition coefficient (Wildman–Crippen LogP) is 4.87. The first-order valence-electron chi connectivity index (χ1n) is 8.41. The highest BCUT2D eigenvalue weighted by molar-refractivity contribution is 5.66. The van der Waals surface area contributed by atoms with E-state index in [0.717, 1.165) is 44.9 Å². The molecule has 0 aromatic carbocycles. The lowest BCUT2D eigenvalue weighted by atomic mass is 10.1. The van der Waals surface area contributed by atoms with Crippen LogP contribution in [0.5, 0.6) is 0 Å². The van der Waals surface area contributed by atoms with Gasteiger partial charge in [-0.25, -0.2) is 0 Å². The summed E-state index contributed by atoms with van der Waals surface area (Å²) in [6, 6.07) is 0. The van der Waals surface area contributed by atoms with Gasteiger partial charge < -0.3 is 9.84 Å². The maximum atomic E-state index is 10.3. The maximum absolute atomic E-state index is 10.3. The van der Waals surface area contributed by atoms with Crippen molar-refractivity contribution < 1.29 is 14.6 Å². The van der Waals surface area contributed by atoms with Crippen LogP contribution in [-0.4, -0.2) is 23.3 Å². The van der Waals surface area contributed by atoms with Gasteiger partial charge in [0, 0.05) is 6.42 Å². The number of carboxylic acid groups (broad SMARTS) is 1. The van der Waals surface area contributed by atoms with Gasteiger partial charge in [0.05, 0.1) is 12.2 Å². The first-order valence-corrected chi connectivity index (χ1v) is 8.41. The molecular weight excluding hydrogens is 264 g/mol. The van der Waals surface area contributed by atoms with Gasteiger partial charge >= 0.3 is 5.97 Å². The van der Waals surface area contributed by atoms with E-state index in [1.807, 2.05) is 0 Å². The van der Waals surface area contributed by atoms with Crippen LogP contribution >= 0.6 is 0 Å². The van der Waals surface area contributed by atoms with Crippen LogP contribution in [0, 0.1) is 0 Å². The van der Waals surface area contributed by atoms with Crippen LogP contribution in [0.15, 0.2) is 24.3 Å². The Balaban J connectivity index is 1.80. The third kappa shape index (κ3) is 10.3. The van der Waals surface area contributed by atoms with Crippen molar-refractivity contribution in [1.29, 1.82) is 0 Å². The summed E-state index contributed by atoms with van der Waals surface area (Å²) >= 11 is 0. The van der Waals surface area contributed by atoms with E-state index in [1.165, 1.54) is 12.8 Å². The lowest BCUT2D eigenvalue weighted by Gasteiger charge is -1.98. The molecule has 1 aliphatic rings. The number of hydrogen-bond donors (Lipinski definition) is 1. The Morgan fingerprint density at radius 3 is 2.43 bits per heavy atom. The zero-order valence-electron chi connectivity index (χ0n) is 13.3. The lowest BCUT2D eigenvalue weighted by molar-refractivity contribution is -0.137. The summed E-state index contributed by atoms with van der Waals surface area (Å²) in [5.41, 5.74) is 0. The van der Waals surface area contributed by atoms with Crippen LogP contribution < -0.4 is 0 Å². The van der Waals surface area contributed by atoms with Crippen LogP contribution in [0.4, 0.5) is 0 Å². The molecule has 0 spiro atoms. The van der Waals surface area contributed by atoms with Gasteiger partial charge in [-0.15, -0.1) is 0 Å². The minimum absolute atomic E-state index is 0.317. The number of unbranched alkanes of at least 4 members (excludes halogenated alkanes) is 5. The maximum Gasteiger partial charge on any atom is 0.303 e. The van der Waals surface area contributed by atoms with E-state index in [2.05, 4.69) is 31.2 Å². The third-order valence-electron chi connectivity index (χ3n) is 3.83. The van der Waals surface area contributed by atoms with Crippen molar-refractivity contribution in [2.45, 2.75) is 83.3 Å². The fourth-order valence-corrected chi connectivity index (χ4v) is 2.43. The van der Waals surface area contributed by atoms with Gasteiger partial charge in [-0.05, 0) is 38.5 Å². The Kier molecular flexibility index (Phi) is 9.88. The Labute approximate surface area is 129 Å². The quantitative estimate of drug-likeness (QED) is 0.299. The molecule has 0 amide bonds. The van der Waals surface area contributed by atoms with Gasteiger partial charge in [-0.1, -0.05) is 50.5 Å². The summed E-state index contributed by atoms with van der Waals surface area (Å²) in [4.78, 5) is 10.3. The van der Waals surface area contributed by atoms with Crippen molar-refractivity contribution >= 4 is 5.97 Å². The summed E-state index contributed by atoms with van der Waals surface area (Å²) < 4.78 is 5.48. The Hall–Kier alpha value is -1.09. The highest BCUT2D eigenvalue weighted by Crippen LogP contribution is 2.28. The SMILES string of the molecule is CCC1OC1CC=CCC=CCCCCCCCC(=O)O. The fraction of sp³-hybridized carbons (Fsp3) is 0.722. The van der Waals surface area contributed by atoms with E-state index >= 15 is 0 Å². The van der Waals surface area contributed by atoms with Crippen LogP contribution in [0.3, 0.4) is 0 Å². The molecule has 1 fully saturated rings. The van der Waals surface area contributed by atoms with Crippen molar-refractivity contribution in [1.82, 2.24) is 0 Å². The van der Waals surface area contributed by atoms with Gasteiger partial charge in [0.2, 0.25) is 0 Å². The number of ether oxygens (including phenoxy) is 1. The van der Waals surface area contributed by atoms with Crippen LogP contribution in [0.25, 0.3) is 0 Å². The number of carbonyl (C=O) groups is 1. The van der Waals surface area contributed by atoms with Gasteiger partial charge in [-0.2, -0.15) is 0 Å². The number of aliphatic carboxylic acids is 1. The highest BCUT2D eigenvalue weighted by atomic mass is 16.6. The number of carboxylic acids is 1. The minimum atomic E-state index is -0.676. The van der Waals surface area contributed by atoms with E-state index in [-0.39, 0.29) is 0 Å². The van der Waals surface area contributed by atoms with Gasteiger partial charge in [0.1, 0.15) is 0 Å². The standard InChI is InChI=1S/C18H30O3/c1-2-16-17(21-16)14-12-10-8-6-4-3-5-7-9-11-13-15-18(19)20/h4,6,10,12,16-17H,2-3,5,7-9,11,13-15H2,1H3,(H,19,20). The predicted molar refractivity (Wildman–Crippen MR) is 86.4 cm³/mol. The average Bonchev–Trinajstić information content (AvgIpc) is 3.22. The molecular formula is C18H30O3. The number of hydrogen-bond acceptors (Lipinski definition) is 2. The van der Waals surface area contributed by atoms with E-state index in [4.69, 9.17) is 9.84 Å².